The number of hydrogen-bond acceptors (Lipinski definition) is 2. The highest BCUT2D eigenvalue weighted by Gasteiger charge is 2.13. The fraction of sp³-hybridized carbons (Fsp3) is 0.188. The van der Waals surface area contributed by atoms with Crippen molar-refractivity contribution in [3.63, 3.8) is 0 Å². The van der Waals surface area contributed by atoms with Gasteiger partial charge in [0.05, 0.1) is 7.11 Å². The monoisotopic (exact) mass is 276 g/mol. The second-order valence-electron chi connectivity index (χ2n) is 4.52. The Bertz CT molecular complexity index is 651. The fourth-order valence-corrected chi connectivity index (χ4v) is 1.95. The van der Waals surface area contributed by atoms with Crippen LogP contribution >= 0.6 is 0 Å². The third-order valence-corrected chi connectivity index (χ3v) is 3.09. The molecule has 0 aliphatic rings. The Kier molecular flexibility index (Phi) is 4.13. The van der Waals surface area contributed by atoms with Crippen molar-refractivity contribution in [2.75, 3.05) is 7.11 Å². The molecule has 0 amide bonds. The van der Waals surface area contributed by atoms with Crippen LogP contribution in [0.4, 0.5) is 8.78 Å². The van der Waals surface area contributed by atoms with E-state index in [2.05, 4.69) is 0 Å². The fourth-order valence-electron chi connectivity index (χ4n) is 1.95. The predicted molar refractivity (Wildman–Crippen MR) is 72.1 cm³/mol. The molecule has 0 heterocycles. The van der Waals surface area contributed by atoms with E-state index in [1.165, 1.54) is 7.11 Å². The molecule has 0 unspecified atom stereocenters. The molecule has 104 valence electrons. The van der Waals surface area contributed by atoms with Crippen molar-refractivity contribution in [2.24, 2.45) is 0 Å². The summed E-state index contributed by atoms with van der Waals surface area (Å²) >= 11 is 0. The highest BCUT2D eigenvalue weighted by Crippen LogP contribution is 2.21. The second kappa shape index (κ2) is 5.82. The first-order valence-electron chi connectivity index (χ1n) is 6.13. The van der Waals surface area contributed by atoms with E-state index >= 15 is 0 Å². The summed E-state index contributed by atoms with van der Waals surface area (Å²) in [5.41, 5.74) is 1.37. The van der Waals surface area contributed by atoms with Crippen molar-refractivity contribution >= 4 is 5.78 Å². The van der Waals surface area contributed by atoms with Crippen LogP contribution < -0.4 is 4.74 Å². The number of ether oxygens (including phenoxy) is 1. The zero-order chi connectivity index (χ0) is 14.7. The minimum absolute atomic E-state index is 0.0505. The number of ketones is 1. The number of benzene rings is 2. The second-order valence-corrected chi connectivity index (χ2v) is 4.52. The number of rotatable bonds is 4. The molecule has 0 bridgehead atoms. The molecule has 0 aliphatic carbocycles. The van der Waals surface area contributed by atoms with Crippen molar-refractivity contribution in [1.29, 1.82) is 0 Å². The predicted octanol–water partition coefficient (Wildman–Crippen LogP) is 3.71. The maximum atomic E-state index is 13.5. The van der Waals surface area contributed by atoms with Crippen LogP contribution in [0, 0.1) is 18.6 Å². The lowest BCUT2D eigenvalue weighted by atomic mass is 10.0. The first-order chi connectivity index (χ1) is 9.51. The number of carbonyl (C=O) groups is 1. The van der Waals surface area contributed by atoms with E-state index in [0.29, 0.717) is 11.3 Å². The normalized spacial score (nSPS) is 10.4. The van der Waals surface area contributed by atoms with Gasteiger partial charge in [0.2, 0.25) is 0 Å². The Morgan fingerprint density at radius 1 is 1.15 bits per heavy atom. The van der Waals surface area contributed by atoms with Crippen LogP contribution in [0.3, 0.4) is 0 Å². The first-order valence-corrected chi connectivity index (χ1v) is 6.13. The molecule has 20 heavy (non-hydrogen) atoms. The van der Waals surface area contributed by atoms with Crippen LogP contribution in [-0.4, -0.2) is 12.9 Å². The van der Waals surface area contributed by atoms with E-state index in [0.717, 1.165) is 23.8 Å². The van der Waals surface area contributed by atoms with Crippen molar-refractivity contribution in [3.8, 4) is 5.75 Å². The molecule has 2 rings (SSSR count). The largest absolute Gasteiger partial charge is 0.496 e. The molecule has 2 aromatic rings. The summed E-state index contributed by atoms with van der Waals surface area (Å²) in [5.74, 6) is -0.835. The van der Waals surface area contributed by atoms with E-state index in [4.69, 9.17) is 4.74 Å². The van der Waals surface area contributed by atoms with Crippen molar-refractivity contribution < 1.29 is 18.3 Å². The number of carbonyl (C=O) groups excluding carboxylic acids is 1. The van der Waals surface area contributed by atoms with Gasteiger partial charge in [0.1, 0.15) is 17.4 Å². The standard InChI is InChI=1S/C16H14F2O2/c1-10-3-4-11(9-16(10)20-2)15(19)8-12-7-13(17)5-6-14(12)18/h3-7,9H,8H2,1-2H3. The molecular weight excluding hydrogens is 262 g/mol. The molecule has 0 saturated carbocycles. The molecule has 2 nitrogen and oxygen atoms in total. The van der Waals surface area contributed by atoms with E-state index in [9.17, 15) is 13.6 Å². The summed E-state index contributed by atoms with van der Waals surface area (Å²) in [4.78, 5) is 12.1. The maximum Gasteiger partial charge on any atom is 0.167 e. The minimum Gasteiger partial charge on any atom is -0.496 e. The topological polar surface area (TPSA) is 26.3 Å². The molecule has 0 spiro atoms. The lowest BCUT2D eigenvalue weighted by Crippen LogP contribution is -2.06. The SMILES string of the molecule is COc1cc(C(=O)Cc2cc(F)ccc2F)ccc1C. The van der Waals surface area contributed by atoms with Crippen LogP contribution in [0.5, 0.6) is 5.75 Å². The molecule has 0 N–H and O–H groups in total. The molecule has 0 aliphatic heterocycles. The third kappa shape index (κ3) is 3.02. The van der Waals surface area contributed by atoms with Gasteiger partial charge in [-0.25, -0.2) is 8.78 Å². The van der Waals surface area contributed by atoms with Gasteiger partial charge >= 0.3 is 0 Å². The van der Waals surface area contributed by atoms with Gasteiger partial charge in [-0.15, -0.1) is 0 Å². The smallest absolute Gasteiger partial charge is 0.167 e. The molecule has 0 radical (unpaired) electrons. The molecule has 0 aromatic heterocycles. The van der Waals surface area contributed by atoms with E-state index in [1.54, 1.807) is 18.2 Å². The summed E-state index contributed by atoms with van der Waals surface area (Å²) in [6, 6.07) is 8.10. The molecule has 4 heteroatoms. The number of methoxy groups -OCH3 is 1. The summed E-state index contributed by atoms with van der Waals surface area (Å²) < 4.78 is 31.7. The van der Waals surface area contributed by atoms with Gasteiger partial charge in [0.15, 0.2) is 5.78 Å². The van der Waals surface area contributed by atoms with Crippen molar-refractivity contribution in [1.82, 2.24) is 0 Å². The lowest BCUT2D eigenvalue weighted by Gasteiger charge is -2.07. The molecule has 0 saturated heterocycles. The van der Waals surface area contributed by atoms with E-state index < -0.39 is 11.6 Å². The third-order valence-electron chi connectivity index (χ3n) is 3.09. The summed E-state index contributed by atoms with van der Waals surface area (Å²) in [5, 5.41) is 0. The number of aryl methyl sites for hydroxylation is 1. The Labute approximate surface area is 116 Å². The van der Waals surface area contributed by atoms with Crippen molar-refractivity contribution in [3.05, 3.63) is 64.7 Å². The van der Waals surface area contributed by atoms with Crippen molar-refractivity contribution in [2.45, 2.75) is 13.3 Å². The van der Waals surface area contributed by atoms with Crippen LogP contribution in [0.2, 0.25) is 0 Å². The maximum absolute atomic E-state index is 13.5. The first kappa shape index (κ1) is 14.2. The lowest BCUT2D eigenvalue weighted by molar-refractivity contribution is 0.0991. The molecular formula is C16H14F2O2. The summed E-state index contributed by atoms with van der Waals surface area (Å²) in [6.45, 7) is 1.86. The quantitative estimate of drug-likeness (QED) is 0.796. The van der Waals surface area contributed by atoms with Gasteiger partial charge in [-0.05, 0) is 42.3 Å². The zero-order valence-electron chi connectivity index (χ0n) is 11.2. The summed E-state index contributed by atoms with van der Waals surface area (Å²) in [7, 11) is 1.52. The van der Waals surface area contributed by atoms with Crippen LogP contribution in [-0.2, 0) is 6.42 Å². The number of halogens is 2. The Hall–Kier alpha value is -2.23. The molecule has 2 aromatic carbocycles. The zero-order valence-corrected chi connectivity index (χ0v) is 11.2. The molecule has 0 fully saturated rings. The van der Waals surface area contributed by atoms with Crippen LogP contribution in [0.25, 0.3) is 0 Å². The summed E-state index contributed by atoms with van der Waals surface area (Å²) in [6.07, 6.45) is -0.185. The Morgan fingerprint density at radius 3 is 2.60 bits per heavy atom. The average Bonchev–Trinajstić information content (AvgIpc) is 2.43. The highest BCUT2D eigenvalue weighted by atomic mass is 19.1. The number of Topliss-reactive ketones (excluding diaryl/α,β-unsaturated/α-hetero) is 1. The Morgan fingerprint density at radius 2 is 1.90 bits per heavy atom. The van der Waals surface area contributed by atoms with Gasteiger partial charge in [-0.1, -0.05) is 12.1 Å². The highest BCUT2D eigenvalue weighted by molar-refractivity contribution is 5.98. The van der Waals surface area contributed by atoms with Crippen LogP contribution in [0.15, 0.2) is 36.4 Å². The van der Waals surface area contributed by atoms with E-state index in [-0.39, 0.29) is 17.8 Å². The van der Waals surface area contributed by atoms with Gasteiger partial charge < -0.3 is 4.74 Å². The van der Waals surface area contributed by atoms with Gasteiger partial charge in [-0.2, -0.15) is 0 Å². The van der Waals surface area contributed by atoms with Gasteiger partial charge in [-0.3, -0.25) is 4.79 Å². The number of hydrogen-bond donors (Lipinski definition) is 0. The van der Waals surface area contributed by atoms with Crippen LogP contribution in [0.1, 0.15) is 21.5 Å². The average molecular weight is 276 g/mol. The van der Waals surface area contributed by atoms with E-state index in [1.807, 2.05) is 6.92 Å². The minimum atomic E-state index is -0.584. The van der Waals surface area contributed by atoms with Gasteiger partial charge in [0.25, 0.3) is 0 Å². The Balaban J connectivity index is 2.26. The van der Waals surface area contributed by atoms with Gasteiger partial charge in [0, 0.05) is 12.0 Å². The molecule has 0 atom stereocenters.